The zero-order valence-electron chi connectivity index (χ0n) is 10.8. The van der Waals surface area contributed by atoms with Crippen LogP contribution in [0.4, 0.5) is 4.39 Å². The van der Waals surface area contributed by atoms with Crippen molar-refractivity contribution in [2.24, 2.45) is 5.92 Å². The van der Waals surface area contributed by atoms with Crippen LogP contribution in [-0.4, -0.2) is 25.8 Å². The first-order valence-corrected chi connectivity index (χ1v) is 6.52. The van der Waals surface area contributed by atoms with Crippen LogP contribution < -0.4 is 0 Å². The second-order valence-electron chi connectivity index (χ2n) is 4.98. The lowest BCUT2D eigenvalue weighted by Gasteiger charge is -2.20. The molecule has 3 rings (SSSR count). The number of carbonyl (C=O) groups is 1. The second-order valence-corrected chi connectivity index (χ2v) is 4.98. The lowest BCUT2D eigenvalue weighted by atomic mass is 9.98. The molecule has 0 bridgehead atoms. The Balaban J connectivity index is 1.84. The maximum atomic E-state index is 13.6. The van der Waals surface area contributed by atoms with E-state index in [1.54, 1.807) is 18.2 Å². The number of halogens is 1. The Morgan fingerprint density at radius 2 is 2.20 bits per heavy atom. The maximum absolute atomic E-state index is 13.6. The molecule has 1 aliphatic rings. The number of carboxylic acid groups (broad SMARTS) is 1. The number of aliphatic carboxylic acids is 1. The van der Waals surface area contributed by atoms with Crippen LogP contribution in [0.2, 0.25) is 0 Å². The zero-order valence-corrected chi connectivity index (χ0v) is 10.8. The summed E-state index contributed by atoms with van der Waals surface area (Å²) in [4.78, 5) is 11.0. The van der Waals surface area contributed by atoms with Crippen molar-refractivity contribution in [3.05, 3.63) is 47.3 Å². The fourth-order valence-electron chi connectivity index (χ4n) is 2.54. The molecule has 0 spiro atoms. The number of hydrogen-bond donors (Lipinski definition) is 1. The number of carboxylic acids is 1. The summed E-state index contributed by atoms with van der Waals surface area (Å²) in [5.74, 6) is -0.0871. The number of hydrogen-bond acceptors (Lipinski definition) is 3. The number of rotatable bonds is 3. The molecule has 1 aromatic carbocycles. The monoisotopic (exact) mass is 275 g/mol. The van der Waals surface area contributed by atoms with Gasteiger partial charge in [0.2, 0.25) is 0 Å². The number of nitrogens with zero attached hydrogens (tertiary/aromatic N) is 3. The summed E-state index contributed by atoms with van der Waals surface area (Å²) in [5, 5.41) is 17.2. The van der Waals surface area contributed by atoms with Crippen LogP contribution in [0, 0.1) is 11.7 Å². The van der Waals surface area contributed by atoms with Crippen molar-refractivity contribution in [1.82, 2.24) is 14.8 Å². The normalized spacial score (nSPS) is 17.8. The number of fused-ring (bicyclic) bond motifs is 1. The van der Waals surface area contributed by atoms with Gasteiger partial charge in [-0.05, 0) is 18.1 Å². The molecule has 0 saturated carbocycles. The van der Waals surface area contributed by atoms with Crippen molar-refractivity contribution in [1.29, 1.82) is 0 Å². The van der Waals surface area contributed by atoms with Crippen molar-refractivity contribution in [3.63, 3.8) is 0 Å². The average Bonchev–Trinajstić information content (AvgIpc) is 2.84. The van der Waals surface area contributed by atoms with Gasteiger partial charge >= 0.3 is 5.97 Å². The highest BCUT2D eigenvalue weighted by molar-refractivity contribution is 5.70. The van der Waals surface area contributed by atoms with Gasteiger partial charge in [0.1, 0.15) is 17.5 Å². The Kier molecular flexibility index (Phi) is 3.22. The van der Waals surface area contributed by atoms with Gasteiger partial charge in [-0.15, -0.1) is 10.2 Å². The third kappa shape index (κ3) is 2.29. The molecule has 1 atom stereocenters. The first-order chi connectivity index (χ1) is 9.65. The molecule has 0 radical (unpaired) electrons. The van der Waals surface area contributed by atoms with E-state index in [0.29, 0.717) is 43.0 Å². The SMILES string of the molecule is O=C(O)C1CCn2c(Cc3ccccc3F)nnc2C1. The van der Waals surface area contributed by atoms with Gasteiger partial charge in [-0.25, -0.2) is 4.39 Å². The predicted molar refractivity (Wildman–Crippen MR) is 68.7 cm³/mol. The van der Waals surface area contributed by atoms with Gasteiger partial charge in [0, 0.05) is 19.4 Å². The molecule has 1 unspecified atom stereocenters. The molecule has 0 amide bonds. The number of aromatic nitrogens is 3. The molecule has 6 heteroatoms. The molecule has 2 aromatic rings. The molecular formula is C14H14FN3O2. The Hall–Kier alpha value is -2.24. The second kappa shape index (κ2) is 5.03. The number of benzene rings is 1. The van der Waals surface area contributed by atoms with Crippen molar-refractivity contribution < 1.29 is 14.3 Å². The minimum Gasteiger partial charge on any atom is -0.481 e. The van der Waals surface area contributed by atoms with Crippen LogP contribution in [0.5, 0.6) is 0 Å². The third-order valence-corrected chi connectivity index (χ3v) is 3.69. The third-order valence-electron chi connectivity index (χ3n) is 3.69. The van der Waals surface area contributed by atoms with E-state index in [0.717, 1.165) is 0 Å². The highest BCUT2D eigenvalue weighted by Crippen LogP contribution is 2.22. The smallest absolute Gasteiger partial charge is 0.307 e. The Bertz CT molecular complexity index is 654. The summed E-state index contributed by atoms with van der Waals surface area (Å²) in [5.41, 5.74) is 0.572. The topological polar surface area (TPSA) is 68.0 Å². The molecule has 2 heterocycles. The van der Waals surface area contributed by atoms with Crippen molar-refractivity contribution in [2.75, 3.05) is 0 Å². The molecule has 20 heavy (non-hydrogen) atoms. The Morgan fingerprint density at radius 3 is 2.95 bits per heavy atom. The molecule has 104 valence electrons. The minimum absolute atomic E-state index is 0.260. The van der Waals surface area contributed by atoms with Gasteiger partial charge in [-0.2, -0.15) is 0 Å². The first kappa shape index (κ1) is 12.8. The van der Waals surface area contributed by atoms with E-state index < -0.39 is 11.9 Å². The molecular weight excluding hydrogens is 261 g/mol. The fraction of sp³-hybridized carbons (Fsp3) is 0.357. The lowest BCUT2D eigenvalue weighted by Crippen LogP contribution is -2.26. The predicted octanol–water partition coefficient (Wildman–Crippen LogP) is 1.66. The molecule has 0 fully saturated rings. The summed E-state index contributed by atoms with van der Waals surface area (Å²) in [6.45, 7) is 0.573. The van der Waals surface area contributed by atoms with E-state index in [1.807, 2.05) is 4.57 Å². The summed E-state index contributed by atoms with van der Waals surface area (Å²) < 4.78 is 15.6. The van der Waals surface area contributed by atoms with E-state index in [-0.39, 0.29) is 5.82 Å². The van der Waals surface area contributed by atoms with Crippen molar-refractivity contribution in [3.8, 4) is 0 Å². The molecule has 0 saturated heterocycles. The molecule has 1 aliphatic heterocycles. The van der Waals surface area contributed by atoms with Gasteiger partial charge in [-0.3, -0.25) is 4.79 Å². The van der Waals surface area contributed by atoms with Crippen molar-refractivity contribution >= 4 is 5.97 Å². The standard InChI is InChI=1S/C14H14FN3O2/c15-11-4-2-1-3-9(11)7-12-16-17-13-8-10(14(19)20)5-6-18(12)13/h1-4,10H,5-8H2,(H,19,20). The zero-order chi connectivity index (χ0) is 14.1. The van der Waals surface area contributed by atoms with Gasteiger partial charge in [0.25, 0.3) is 0 Å². The van der Waals surface area contributed by atoms with Crippen molar-refractivity contribution in [2.45, 2.75) is 25.8 Å². The largest absolute Gasteiger partial charge is 0.481 e. The van der Waals surface area contributed by atoms with Crippen LogP contribution >= 0.6 is 0 Å². The van der Waals surface area contributed by atoms with E-state index in [9.17, 15) is 9.18 Å². The molecule has 0 aliphatic carbocycles. The lowest BCUT2D eigenvalue weighted by molar-refractivity contribution is -0.142. The summed E-state index contributed by atoms with van der Waals surface area (Å²) >= 11 is 0. The van der Waals surface area contributed by atoms with Crippen LogP contribution in [0.15, 0.2) is 24.3 Å². The highest BCUT2D eigenvalue weighted by Gasteiger charge is 2.27. The molecule has 5 nitrogen and oxygen atoms in total. The van der Waals surface area contributed by atoms with Crippen LogP contribution in [0.25, 0.3) is 0 Å². The van der Waals surface area contributed by atoms with E-state index in [1.165, 1.54) is 6.07 Å². The summed E-state index contributed by atoms with van der Waals surface area (Å²) in [6.07, 6.45) is 1.32. The van der Waals surface area contributed by atoms with Crippen LogP contribution in [0.1, 0.15) is 23.6 Å². The highest BCUT2D eigenvalue weighted by atomic mass is 19.1. The van der Waals surface area contributed by atoms with Gasteiger partial charge in [-0.1, -0.05) is 18.2 Å². The quantitative estimate of drug-likeness (QED) is 0.925. The molecule has 1 aromatic heterocycles. The van der Waals surface area contributed by atoms with E-state index >= 15 is 0 Å². The average molecular weight is 275 g/mol. The van der Waals surface area contributed by atoms with Gasteiger partial charge < -0.3 is 9.67 Å². The fourth-order valence-corrected chi connectivity index (χ4v) is 2.54. The van der Waals surface area contributed by atoms with Gasteiger partial charge in [0.15, 0.2) is 0 Å². The summed E-state index contributed by atoms with van der Waals surface area (Å²) in [7, 11) is 0. The van der Waals surface area contributed by atoms with Crippen LogP contribution in [-0.2, 0) is 24.2 Å². The van der Waals surface area contributed by atoms with Gasteiger partial charge in [0.05, 0.1) is 5.92 Å². The van der Waals surface area contributed by atoms with E-state index in [4.69, 9.17) is 5.11 Å². The Morgan fingerprint density at radius 1 is 1.40 bits per heavy atom. The Labute approximate surface area is 115 Å². The van der Waals surface area contributed by atoms with E-state index in [2.05, 4.69) is 10.2 Å². The molecule has 1 N–H and O–H groups in total. The first-order valence-electron chi connectivity index (χ1n) is 6.52. The van der Waals surface area contributed by atoms with Crippen LogP contribution in [0.3, 0.4) is 0 Å². The minimum atomic E-state index is -0.796. The summed E-state index contributed by atoms with van der Waals surface area (Å²) in [6, 6.07) is 6.57. The maximum Gasteiger partial charge on any atom is 0.307 e.